The maximum Gasteiger partial charge on any atom is 0.286 e. The third kappa shape index (κ3) is 4.06. The second kappa shape index (κ2) is 5.16. The molecule has 1 aromatic heterocycles. The molecule has 90 valence electrons. The van der Waals surface area contributed by atoms with Gasteiger partial charge in [-0.15, -0.1) is 0 Å². The van der Waals surface area contributed by atoms with Crippen molar-refractivity contribution in [2.24, 2.45) is 11.1 Å². The van der Waals surface area contributed by atoms with Crippen LogP contribution < -0.4 is 11.1 Å². The average Bonchev–Trinajstić information content (AvgIpc) is 2.63. The maximum atomic E-state index is 11.6. The van der Waals surface area contributed by atoms with Crippen LogP contribution in [-0.2, 0) is 6.54 Å². The summed E-state index contributed by atoms with van der Waals surface area (Å²) in [4.78, 5) is 11.6. The van der Waals surface area contributed by atoms with E-state index in [0.29, 0.717) is 24.6 Å². The number of hydrogen-bond acceptors (Lipinski definition) is 3. The summed E-state index contributed by atoms with van der Waals surface area (Å²) in [5.74, 6) is 0.777. The largest absolute Gasteiger partial charge is 0.455 e. The fourth-order valence-electron chi connectivity index (χ4n) is 1.25. The first-order chi connectivity index (χ1) is 7.42. The monoisotopic (exact) mass is 224 g/mol. The number of hydrogen-bond donors (Lipinski definition) is 2. The lowest BCUT2D eigenvalue weighted by atomic mass is 9.92. The van der Waals surface area contributed by atoms with Crippen LogP contribution in [0.3, 0.4) is 0 Å². The van der Waals surface area contributed by atoms with E-state index in [1.165, 1.54) is 0 Å². The zero-order valence-corrected chi connectivity index (χ0v) is 10.2. The third-order valence-electron chi connectivity index (χ3n) is 2.25. The van der Waals surface area contributed by atoms with E-state index in [2.05, 4.69) is 26.1 Å². The molecule has 0 spiro atoms. The molecule has 0 radical (unpaired) electrons. The molecule has 0 fully saturated rings. The molecule has 4 nitrogen and oxygen atoms in total. The van der Waals surface area contributed by atoms with Crippen molar-refractivity contribution < 1.29 is 9.21 Å². The molecule has 1 aromatic rings. The maximum absolute atomic E-state index is 11.6. The molecule has 3 N–H and O–H groups in total. The van der Waals surface area contributed by atoms with Gasteiger partial charge in [0.1, 0.15) is 5.76 Å². The molecule has 16 heavy (non-hydrogen) atoms. The lowest BCUT2D eigenvalue weighted by Crippen LogP contribution is -2.26. The Morgan fingerprint density at radius 1 is 1.44 bits per heavy atom. The Hall–Kier alpha value is -1.29. The fraction of sp³-hybridized carbons (Fsp3) is 0.583. The fourth-order valence-corrected chi connectivity index (χ4v) is 1.25. The second-order valence-corrected chi connectivity index (χ2v) is 5.04. The quantitative estimate of drug-likeness (QED) is 0.820. The highest BCUT2D eigenvalue weighted by molar-refractivity contribution is 5.91. The number of rotatable bonds is 4. The van der Waals surface area contributed by atoms with Gasteiger partial charge in [0, 0.05) is 6.54 Å². The van der Waals surface area contributed by atoms with Crippen molar-refractivity contribution in [2.75, 3.05) is 6.54 Å². The molecular weight excluding hydrogens is 204 g/mol. The van der Waals surface area contributed by atoms with Gasteiger partial charge in [-0.1, -0.05) is 20.8 Å². The van der Waals surface area contributed by atoms with Crippen molar-refractivity contribution in [3.8, 4) is 0 Å². The van der Waals surface area contributed by atoms with E-state index in [1.54, 1.807) is 12.1 Å². The van der Waals surface area contributed by atoms with Crippen LogP contribution in [0.5, 0.6) is 0 Å². The molecule has 1 heterocycles. The van der Waals surface area contributed by atoms with Crippen LogP contribution in [0.4, 0.5) is 0 Å². The smallest absolute Gasteiger partial charge is 0.286 e. The average molecular weight is 224 g/mol. The highest BCUT2D eigenvalue weighted by atomic mass is 16.4. The minimum absolute atomic E-state index is 0.177. The minimum Gasteiger partial charge on any atom is -0.455 e. The van der Waals surface area contributed by atoms with E-state index >= 15 is 0 Å². The summed E-state index contributed by atoms with van der Waals surface area (Å²) in [6, 6.07) is 3.37. The Morgan fingerprint density at radius 3 is 2.62 bits per heavy atom. The molecule has 0 aliphatic heterocycles. The Labute approximate surface area is 96.2 Å². The Balaban J connectivity index is 2.41. The zero-order chi connectivity index (χ0) is 12.2. The zero-order valence-electron chi connectivity index (χ0n) is 10.2. The Morgan fingerprint density at radius 2 is 2.12 bits per heavy atom. The SMILES string of the molecule is CC(C)(C)CCNC(=O)c1ccc(CN)o1. The van der Waals surface area contributed by atoms with Gasteiger partial charge in [-0.25, -0.2) is 0 Å². The molecule has 0 aliphatic carbocycles. The van der Waals surface area contributed by atoms with Gasteiger partial charge in [0.2, 0.25) is 0 Å². The summed E-state index contributed by atoms with van der Waals surface area (Å²) in [5.41, 5.74) is 5.62. The summed E-state index contributed by atoms with van der Waals surface area (Å²) >= 11 is 0. The summed E-state index contributed by atoms with van der Waals surface area (Å²) < 4.78 is 5.24. The molecule has 0 saturated carbocycles. The summed E-state index contributed by atoms with van der Waals surface area (Å²) in [7, 11) is 0. The second-order valence-electron chi connectivity index (χ2n) is 5.04. The number of furan rings is 1. The first kappa shape index (κ1) is 12.8. The van der Waals surface area contributed by atoms with Gasteiger partial charge in [0.05, 0.1) is 6.54 Å². The standard InChI is InChI=1S/C12H20N2O2/c1-12(2,3)6-7-14-11(15)10-5-4-9(8-13)16-10/h4-5H,6-8,13H2,1-3H3,(H,14,15). The predicted octanol–water partition coefficient (Wildman–Crippen LogP) is 1.90. The highest BCUT2D eigenvalue weighted by Gasteiger charge is 2.13. The number of nitrogens with two attached hydrogens (primary N) is 1. The highest BCUT2D eigenvalue weighted by Crippen LogP contribution is 2.17. The van der Waals surface area contributed by atoms with Crippen LogP contribution in [0.15, 0.2) is 16.5 Å². The Kier molecular flexibility index (Phi) is 4.12. The van der Waals surface area contributed by atoms with Crippen LogP contribution in [-0.4, -0.2) is 12.5 Å². The topological polar surface area (TPSA) is 68.3 Å². The van der Waals surface area contributed by atoms with Crippen LogP contribution in [0, 0.1) is 5.41 Å². The van der Waals surface area contributed by atoms with Gasteiger partial charge in [-0.3, -0.25) is 4.79 Å². The van der Waals surface area contributed by atoms with Gasteiger partial charge in [0.15, 0.2) is 5.76 Å². The molecule has 0 aromatic carbocycles. The first-order valence-corrected chi connectivity index (χ1v) is 5.49. The van der Waals surface area contributed by atoms with E-state index in [4.69, 9.17) is 10.2 Å². The normalized spacial score (nSPS) is 11.5. The lowest BCUT2D eigenvalue weighted by molar-refractivity contribution is 0.0920. The number of carbonyl (C=O) groups excluding carboxylic acids is 1. The number of amides is 1. The molecule has 1 amide bonds. The van der Waals surface area contributed by atoms with Gasteiger partial charge >= 0.3 is 0 Å². The molecule has 4 heteroatoms. The van der Waals surface area contributed by atoms with Gasteiger partial charge in [0.25, 0.3) is 5.91 Å². The van der Waals surface area contributed by atoms with Gasteiger partial charge in [-0.2, -0.15) is 0 Å². The molecule has 0 unspecified atom stereocenters. The Bertz CT molecular complexity index is 350. The van der Waals surface area contributed by atoms with Gasteiger partial charge in [-0.05, 0) is 24.0 Å². The van der Waals surface area contributed by atoms with E-state index in [1.807, 2.05) is 0 Å². The van der Waals surface area contributed by atoms with Crippen molar-refractivity contribution >= 4 is 5.91 Å². The van der Waals surface area contributed by atoms with Crippen molar-refractivity contribution in [3.05, 3.63) is 23.7 Å². The molecule has 0 aliphatic rings. The van der Waals surface area contributed by atoms with Crippen molar-refractivity contribution in [3.63, 3.8) is 0 Å². The van der Waals surface area contributed by atoms with Crippen LogP contribution in [0.1, 0.15) is 43.5 Å². The van der Waals surface area contributed by atoms with Crippen molar-refractivity contribution in [1.29, 1.82) is 0 Å². The minimum atomic E-state index is -0.177. The van der Waals surface area contributed by atoms with Crippen molar-refractivity contribution in [2.45, 2.75) is 33.7 Å². The van der Waals surface area contributed by atoms with E-state index in [-0.39, 0.29) is 11.3 Å². The van der Waals surface area contributed by atoms with Crippen LogP contribution in [0.25, 0.3) is 0 Å². The number of carbonyl (C=O) groups is 1. The van der Waals surface area contributed by atoms with Crippen LogP contribution in [0.2, 0.25) is 0 Å². The van der Waals surface area contributed by atoms with Crippen LogP contribution >= 0.6 is 0 Å². The predicted molar refractivity (Wildman–Crippen MR) is 63.0 cm³/mol. The molecule has 0 bridgehead atoms. The molecular formula is C12H20N2O2. The molecule has 0 saturated heterocycles. The van der Waals surface area contributed by atoms with E-state index in [9.17, 15) is 4.79 Å². The summed E-state index contributed by atoms with van der Waals surface area (Å²) in [6.45, 7) is 7.38. The van der Waals surface area contributed by atoms with Gasteiger partial charge < -0.3 is 15.5 Å². The first-order valence-electron chi connectivity index (χ1n) is 5.49. The molecule has 1 rings (SSSR count). The lowest BCUT2D eigenvalue weighted by Gasteiger charge is -2.17. The van der Waals surface area contributed by atoms with E-state index in [0.717, 1.165) is 6.42 Å². The number of nitrogens with one attached hydrogen (secondary N) is 1. The molecule has 0 atom stereocenters. The summed E-state index contributed by atoms with van der Waals surface area (Å²) in [6.07, 6.45) is 0.934. The summed E-state index contributed by atoms with van der Waals surface area (Å²) in [5, 5.41) is 2.82. The van der Waals surface area contributed by atoms with Crippen molar-refractivity contribution in [1.82, 2.24) is 5.32 Å². The third-order valence-corrected chi connectivity index (χ3v) is 2.25. The van der Waals surface area contributed by atoms with E-state index < -0.39 is 0 Å².